The molecule has 1 aromatic carbocycles. The van der Waals surface area contributed by atoms with Crippen molar-refractivity contribution in [3.05, 3.63) is 34.9 Å². The summed E-state index contributed by atoms with van der Waals surface area (Å²) in [6, 6.07) is 6.68. The third kappa shape index (κ3) is 4.72. The van der Waals surface area contributed by atoms with Gasteiger partial charge in [-0.05, 0) is 31.3 Å². The largest absolute Gasteiger partial charge is 0.352 e. The van der Waals surface area contributed by atoms with Crippen molar-refractivity contribution in [2.24, 2.45) is 0 Å². The monoisotopic (exact) mass is 309 g/mol. The van der Waals surface area contributed by atoms with E-state index in [0.29, 0.717) is 23.6 Å². The Morgan fingerprint density at radius 3 is 2.38 bits per heavy atom. The smallest absolute Gasteiger partial charge is 0.251 e. The topological polar surface area (TPSA) is 52.6 Å². The van der Waals surface area contributed by atoms with Crippen molar-refractivity contribution in [3.63, 3.8) is 0 Å². The minimum absolute atomic E-state index is 0.0968. The number of halogens is 1. The fourth-order valence-corrected chi connectivity index (χ4v) is 2.33. The molecule has 1 saturated heterocycles. The molecule has 0 unspecified atom stereocenters. The number of piperazine rings is 1. The van der Waals surface area contributed by atoms with Gasteiger partial charge in [0.25, 0.3) is 5.91 Å². The number of hydrogen-bond acceptors (Lipinski definition) is 3. The van der Waals surface area contributed by atoms with E-state index in [1.54, 1.807) is 24.3 Å². The number of amides is 2. The minimum Gasteiger partial charge on any atom is -0.352 e. The Hall–Kier alpha value is -1.59. The van der Waals surface area contributed by atoms with Gasteiger partial charge in [-0.15, -0.1) is 0 Å². The molecule has 1 aliphatic heterocycles. The fourth-order valence-electron chi connectivity index (χ4n) is 2.20. The Kier molecular flexibility index (Phi) is 5.59. The van der Waals surface area contributed by atoms with E-state index in [-0.39, 0.29) is 11.8 Å². The van der Waals surface area contributed by atoms with Gasteiger partial charge in [-0.1, -0.05) is 11.6 Å². The molecular formula is C15H20ClN3O2. The number of benzene rings is 1. The van der Waals surface area contributed by atoms with Gasteiger partial charge in [0.15, 0.2) is 0 Å². The molecule has 0 spiro atoms. The molecule has 1 N–H and O–H groups in total. The highest BCUT2D eigenvalue weighted by Crippen LogP contribution is 2.09. The van der Waals surface area contributed by atoms with Crippen LogP contribution in [0.3, 0.4) is 0 Å². The zero-order valence-corrected chi connectivity index (χ0v) is 12.9. The second-order valence-electron chi connectivity index (χ2n) is 5.20. The number of nitrogens with zero attached hydrogens (tertiary/aromatic N) is 2. The molecule has 1 heterocycles. The lowest BCUT2D eigenvalue weighted by Crippen LogP contribution is -2.47. The van der Waals surface area contributed by atoms with Crippen LogP contribution in [0.15, 0.2) is 24.3 Å². The zero-order valence-electron chi connectivity index (χ0n) is 12.1. The number of carbonyl (C=O) groups is 2. The molecule has 0 bridgehead atoms. The lowest BCUT2D eigenvalue weighted by molar-refractivity contribution is -0.132. The second-order valence-corrected chi connectivity index (χ2v) is 5.63. The summed E-state index contributed by atoms with van der Waals surface area (Å²) in [6.07, 6.45) is 0.336. The summed E-state index contributed by atoms with van der Waals surface area (Å²) in [6.45, 7) is 3.69. The van der Waals surface area contributed by atoms with Crippen molar-refractivity contribution >= 4 is 23.4 Å². The summed E-state index contributed by atoms with van der Waals surface area (Å²) in [5.41, 5.74) is 0.548. The van der Waals surface area contributed by atoms with E-state index in [1.807, 2.05) is 11.9 Å². The van der Waals surface area contributed by atoms with E-state index >= 15 is 0 Å². The third-order valence-corrected chi connectivity index (χ3v) is 3.84. The molecule has 6 heteroatoms. The lowest BCUT2D eigenvalue weighted by Gasteiger charge is -2.32. The minimum atomic E-state index is -0.183. The standard InChI is InChI=1S/C15H20ClN3O2/c1-18-8-10-19(11-9-18)14(20)6-7-17-15(21)12-2-4-13(16)5-3-12/h2-5H,6-11H2,1H3,(H,17,21). The first kappa shape index (κ1) is 15.8. The number of rotatable bonds is 4. The summed E-state index contributed by atoms with van der Waals surface area (Å²) < 4.78 is 0. The first-order chi connectivity index (χ1) is 10.1. The fraction of sp³-hybridized carbons (Fsp3) is 0.467. The Bertz CT molecular complexity index is 496. The van der Waals surface area contributed by atoms with Crippen LogP contribution in [0.2, 0.25) is 5.02 Å². The summed E-state index contributed by atoms with van der Waals surface area (Å²) in [5.74, 6) is -0.0858. The molecule has 5 nitrogen and oxygen atoms in total. The Morgan fingerprint density at radius 1 is 1.14 bits per heavy atom. The van der Waals surface area contributed by atoms with Crippen LogP contribution in [0, 0.1) is 0 Å². The van der Waals surface area contributed by atoms with Crippen molar-refractivity contribution in [1.82, 2.24) is 15.1 Å². The van der Waals surface area contributed by atoms with Crippen LogP contribution in [0.25, 0.3) is 0 Å². The Morgan fingerprint density at radius 2 is 1.76 bits per heavy atom. The first-order valence-electron chi connectivity index (χ1n) is 7.06. The number of carbonyl (C=O) groups excluding carboxylic acids is 2. The number of nitrogens with one attached hydrogen (secondary N) is 1. The second kappa shape index (κ2) is 7.43. The maximum Gasteiger partial charge on any atom is 0.251 e. The highest BCUT2D eigenvalue weighted by molar-refractivity contribution is 6.30. The van der Waals surface area contributed by atoms with Crippen LogP contribution in [-0.4, -0.2) is 61.4 Å². The van der Waals surface area contributed by atoms with Gasteiger partial charge in [-0.3, -0.25) is 9.59 Å². The SMILES string of the molecule is CN1CCN(C(=O)CCNC(=O)c2ccc(Cl)cc2)CC1. The van der Waals surface area contributed by atoms with Crippen molar-refractivity contribution in [2.75, 3.05) is 39.8 Å². The molecule has 2 amide bonds. The average Bonchev–Trinajstić information content (AvgIpc) is 2.48. The lowest BCUT2D eigenvalue weighted by atomic mass is 10.2. The first-order valence-corrected chi connectivity index (χ1v) is 7.44. The summed E-state index contributed by atoms with van der Waals surface area (Å²) >= 11 is 5.77. The number of likely N-dealkylation sites (N-methyl/N-ethyl adjacent to an activating group) is 1. The van der Waals surface area contributed by atoms with Crippen LogP contribution < -0.4 is 5.32 Å². The van der Waals surface area contributed by atoms with Gasteiger partial charge < -0.3 is 15.1 Å². The van der Waals surface area contributed by atoms with E-state index in [4.69, 9.17) is 11.6 Å². The zero-order chi connectivity index (χ0) is 15.2. The molecule has 0 aromatic heterocycles. The molecule has 2 rings (SSSR count). The Balaban J connectivity index is 1.72. The molecule has 1 aliphatic rings. The van der Waals surface area contributed by atoms with E-state index in [9.17, 15) is 9.59 Å². The van der Waals surface area contributed by atoms with Crippen LogP contribution >= 0.6 is 11.6 Å². The van der Waals surface area contributed by atoms with Gasteiger partial charge in [-0.2, -0.15) is 0 Å². The predicted octanol–water partition coefficient (Wildman–Crippen LogP) is 1.23. The van der Waals surface area contributed by atoms with Crippen molar-refractivity contribution in [3.8, 4) is 0 Å². The molecule has 1 aromatic rings. The molecule has 0 aliphatic carbocycles. The molecular weight excluding hydrogens is 290 g/mol. The molecule has 21 heavy (non-hydrogen) atoms. The van der Waals surface area contributed by atoms with Gasteiger partial charge >= 0.3 is 0 Å². The highest BCUT2D eigenvalue weighted by Gasteiger charge is 2.18. The molecule has 1 fully saturated rings. The van der Waals surface area contributed by atoms with E-state index < -0.39 is 0 Å². The summed E-state index contributed by atoms with van der Waals surface area (Å²) in [7, 11) is 2.05. The molecule has 0 radical (unpaired) electrons. The summed E-state index contributed by atoms with van der Waals surface area (Å²) in [5, 5.41) is 3.35. The van der Waals surface area contributed by atoms with E-state index in [2.05, 4.69) is 10.2 Å². The van der Waals surface area contributed by atoms with E-state index in [0.717, 1.165) is 26.2 Å². The van der Waals surface area contributed by atoms with Gasteiger partial charge in [0.05, 0.1) is 0 Å². The van der Waals surface area contributed by atoms with Crippen LogP contribution in [0.1, 0.15) is 16.8 Å². The molecule has 0 atom stereocenters. The van der Waals surface area contributed by atoms with Gasteiger partial charge in [0.1, 0.15) is 0 Å². The van der Waals surface area contributed by atoms with Crippen LogP contribution in [-0.2, 0) is 4.79 Å². The Labute approximate surface area is 129 Å². The third-order valence-electron chi connectivity index (χ3n) is 3.59. The maximum absolute atomic E-state index is 12.0. The van der Waals surface area contributed by atoms with E-state index in [1.165, 1.54) is 0 Å². The number of hydrogen-bond donors (Lipinski definition) is 1. The average molecular weight is 310 g/mol. The maximum atomic E-state index is 12.0. The quantitative estimate of drug-likeness (QED) is 0.910. The van der Waals surface area contributed by atoms with Crippen LogP contribution in [0.5, 0.6) is 0 Å². The normalized spacial score (nSPS) is 15.8. The van der Waals surface area contributed by atoms with Crippen LogP contribution in [0.4, 0.5) is 0 Å². The predicted molar refractivity (Wildman–Crippen MR) is 82.5 cm³/mol. The molecule has 114 valence electrons. The van der Waals surface area contributed by atoms with Gasteiger partial charge in [-0.25, -0.2) is 0 Å². The van der Waals surface area contributed by atoms with Gasteiger partial charge in [0.2, 0.25) is 5.91 Å². The highest BCUT2D eigenvalue weighted by atomic mass is 35.5. The van der Waals surface area contributed by atoms with Crippen molar-refractivity contribution < 1.29 is 9.59 Å². The van der Waals surface area contributed by atoms with Crippen molar-refractivity contribution in [1.29, 1.82) is 0 Å². The summed E-state index contributed by atoms with van der Waals surface area (Å²) in [4.78, 5) is 27.9. The molecule has 0 saturated carbocycles. The van der Waals surface area contributed by atoms with Crippen molar-refractivity contribution in [2.45, 2.75) is 6.42 Å². The van der Waals surface area contributed by atoms with Gasteiger partial charge in [0, 0.05) is 49.7 Å².